The number of rotatable bonds is 0. The van der Waals surface area contributed by atoms with Gasteiger partial charge >= 0.3 is 5.63 Å². The van der Waals surface area contributed by atoms with E-state index in [1.165, 1.54) is 6.07 Å². The Morgan fingerprint density at radius 1 is 1.27 bits per heavy atom. The van der Waals surface area contributed by atoms with E-state index >= 15 is 0 Å². The summed E-state index contributed by atoms with van der Waals surface area (Å²) in [6.45, 7) is 3.94. The quantitative estimate of drug-likeness (QED) is 0.671. The Bertz CT molecular complexity index is 485. The van der Waals surface area contributed by atoms with Crippen molar-refractivity contribution in [3.8, 4) is 0 Å². The Morgan fingerprint density at radius 2 is 1.93 bits per heavy atom. The second-order valence-corrected chi connectivity index (χ2v) is 3.11. The molecule has 2 rings (SSSR count). The van der Waals surface area contributed by atoms with Gasteiger partial charge in [-0.25, -0.2) is 4.79 Å². The molecule has 3 heteroatoms. The summed E-state index contributed by atoms with van der Waals surface area (Å²) in [6.07, 6.45) is 0. The first-order chi connectivity index (χ1) is 7.17. The highest BCUT2D eigenvalue weighted by molar-refractivity contribution is 5.76. The van der Waals surface area contributed by atoms with Gasteiger partial charge in [-0.2, -0.15) is 0 Å². The molecule has 0 unspecified atom stereocenters. The van der Waals surface area contributed by atoms with E-state index in [4.69, 9.17) is 9.52 Å². The summed E-state index contributed by atoms with van der Waals surface area (Å²) in [4.78, 5) is 10.8. The van der Waals surface area contributed by atoms with Crippen molar-refractivity contribution in [2.75, 3.05) is 6.61 Å². The van der Waals surface area contributed by atoms with E-state index in [9.17, 15) is 4.79 Å². The molecule has 80 valence electrons. The molecule has 0 amide bonds. The maximum atomic E-state index is 10.8. The van der Waals surface area contributed by atoms with E-state index in [2.05, 4.69) is 0 Å². The SMILES string of the molecule is CCO.Cc1ccc2oc(=O)ccc2c1. The molecule has 1 aromatic carbocycles. The summed E-state index contributed by atoms with van der Waals surface area (Å²) in [5, 5.41) is 8.54. The van der Waals surface area contributed by atoms with Crippen LogP contribution in [-0.2, 0) is 0 Å². The van der Waals surface area contributed by atoms with Gasteiger partial charge in [0.1, 0.15) is 5.58 Å². The minimum atomic E-state index is -0.300. The molecule has 0 aliphatic rings. The summed E-state index contributed by atoms with van der Waals surface area (Å²) in [5.74, 6) is 0. The Hall–Kier alpha value is -1.61. The smallest absolute Gasteiger partial charge is 0.336 e. The van der Waals surface area contributed by atoms with Gasteiger partial charge in [-0.05, 0) is 32.0 Å². The Morgan fingerprint density at radius 3 is 2.60 bits per heavy atom. The van der Waals surface area contributed by atoms with Crippen LogP contribution in [0.3, 0.4) is 0 Å². The van der Waals surface area contributed by atoms with Gasteiger partial charge in [0.2, 0.25) is 0 Å². The van der Waals surface area contributed by atoms with E-state index in [-0.39, 0.29) is 12.2 Å². The van der Waals surface area contributed by atoms with Crippen LogP contribution in [0, 0.1) is 6.92 Å². The third-order valence-electron chi connectivity index (χ3n) is 1.77. The fourth-order valence-corrected chi connectivity index (χ4v) is 1.19. The van der Waals surface area contributed by atoms with Gasteiger partial charge in [0.15, 0.2) is 0 Å². The first-order valence-electron chi connectivity index (χ1n) is 4.78. The van der Waals surface area contributed by atoms with Gasteiger partial charge in [-0.3, -0.25) is 0 Å². The maximum Gasteiger partial charge on any atom is 0.336 e. The van der Waals surface area contributed by atoms with Gasteiger partial charge in [0.05, 0.1) is 0 Å². The lowest BCUT2D eigenvalue weighted by Crippen LogP contribution is -1.93. The third-order valence-corrected chi connectivity index (χ3v) is 1.77. The summed E-state index contributed by atoms with van der Waals surface area (Å²) in [7, 11) is 0. The highest BCUT2D eigenvalue weighted by atomic mass is 16.4. The fraction of sp³-hybridized carbons (Fsp3) is 0.250. The van der Waals surface area contributed by atoms with Crippen molar-refractivity contribution >= 4 is 11.0 Å². The topological polar surface area (TPSA) is 50.4 Å². The lowest BCUT2D eigenvalue weighted by Gasteiger charge is -1.95. The van der Waals surface area contributed by atoms with Gasteiger partial charge in [-0.15, -0.1) is 0 Å². The average molecular weight is 206 g/mol. The molecule has 3 nitrogen and oxygen atoms in total. The van der Waals surface area contributed by atoms with Crippen LogP contribution in [0.1, 0.15) is 12.5 Å². The molecule has 0 fully saturated rings. The van der Waals surface area contributed by atoms with Crippen LogP contribution < -0.4 is 5.63 Å². The summed E-state index contributed by atoms with van der Waals surface area (Å²) >= 11 is 0. The highest BCUT2D eigenvalue weighted by Crippen LogP contribution is 2.12. The van der Waals surface area contributed by atoms with Gasteiger partial charge < -0.3 is 9.52 Å². The van der Waals surface area contributed by atoms with Crippen LogP contribution in [0.4, 0.5) is 0 Å². The van der Waals surface area contributed by atoms with Gasteiger partial charge in [0, 0.05) is 18.1 Å². The normalized spacial score (nSPS) is 9.53. The van der Waals surface area contributed by atoms with Crippen LogP contribution in [0.2, 0.25) is 0 Å². The van der Waals surface area contributed by atoms with Crippen molar-refractivity contribution in [2.45, 2.75) is 13.8 Å². The molecule has 2 aromatic rings. The van der Waals surface area contributed by atoms with Crippen molar-refractivity contribution in [3.63, 3.8) is 0 Å². The van der Waals surface area contributed by atoms with Crippen molar-refractivity contribution in [2.24, 2.45) is 0 Å². The van der Waals surface area contributed by atoms with E-state index < -0.39 is 0 Å². The molecule has 0 saturated carbocycles. The lowest BCUT2D eigenvalue weighted by molar-refractivity contribution is 0.318. The lowest BCUT2D eigenvalue weighted by atomic mass is 10.2. The number of aliphatic hydroxyl groups excluding tert-OH is 1. The molecule has 0 radical (unpaired) electrons. The molecule has 1 aromatic heterocycles. The molecule has 1 heterocycles. The zero-order chi connectivity index (χ0) is 11.3. The first kappa shape index (κ1) is 11.5. The average Bonchev–Trinajstić information content (AvgIpc) is 2.20. The molecule has 0 spiro atoms. The third kappa shape index (κ3) is 3.22. The zero-order valence-corrected chi connectivity index (χ0v) is 8.86. The number of benzene rings is 1. The summed E-state index contributed by atoms with van der Waals surface area (Å²) < 4.78 is 4.96. The minimum Gasteiger partial charge on any atom is -0.423 e. The largest absolute Gasteiger partial charge is 0.423 e. The van der Waals surface area contributed by atoms with Crippen LogP contribution in [0.5, 0.6) is 0 Å². The second kappa shape index (κ2) is 5.32. The maximum absolute atomic E-state index is 10.8. The van der Waals surface area contributed by atoms with Crippen molar-refractivity contribution in [1.82, 2.24) is 0 Å². The van der Waals surface area contributed by atoms with E-state index in [1.807, 2.05) is 25.1 Å². The van der Waals surface area contributed by atoms with E-state index in [0.717, 1.165) is 10.9 Å². The number of aryl methyl sites for hydroxylation is 1. The highest BCUT2D eigenvalue weighted by Gasteiger charge is 1.95. The van der Waals surface area contributed by atoms with Crippen LogP contribution >= 0.6 is 0 Å². The van der Waals surface area contributed by atoms with Crippen molar-refractivity contribution in [1.29, 1.82) is 0 Å². The molecule has 0 atom stereocenters. The molecular formula is C12H14O3. The molecule has 0 bridgehead atoms. The Balaban J connectivity index is 0.000000337. The summed E-state index contributed by atoms with van der Waals surface area (Å²) in [6, 6.07) is 8.92. The molecule has 0 aliphatic carbocycles. The second-order valence-electron chi connectivity index (χ2n) is 3.11. The minimum absolute atomic E-state index is 0.250. The van der Waals surface area contributed by atoms with Crippen molar-refractivity contribution in [3.05, 3.63) is 46.3 Å². The van der Waals surface area contributed by atoms with Crippen molar-refractivity contribution < 1.29 is 9.52 Å². The van der Waals surface area contributed by atoms with E-state index in [1.54, 1.807) is 13.0 Å². The predicted molar refractivity (Wildman–Crippen MR) is 60.0 cm³/mol. The summed E-state index contributed by atoms with van der Waals surface area (Å²) in [5.41, 5.74) is 1.51. The van der Waals surface area contributed by atoms with E-state index in [0.29, 0.717) is 5.58 Å². The zero-order valence-electron chi connectivity index (χ0n) is 8.86. The standard InChI is InChI=1S/C10H8O2.C2H6O/c1-7-2-4-9-8(6-7)3-5-10(11)12-9;1-2-3/h2-6H,1H3;3H,2H2,1H3. The molecule has 0 saturated heterocycles. The molecular weight excluding hydrogens is 192 g/mol. The molecule has 15 heavy (non-hydrogen) atoms. The van der Waals surface area contributed by atoms with Crippen LogP contribution in [0.15, 0.2) is 39.5 Å². The monoisotopic (exact) mass is 206 g/mol. The van der Waals surface area contributed by atoms with Gasteiger partial charge in [-0.1, -0.05) is 11.6 Å². The van der Waals surface area contributed by atoms with Crippen LogP contribution in [0.25, 0.3) is 11.0 Å². The van der Waals surface area contributed by atoms with Crippen LogP contribution in [-0.4, -0.2) is 11.7 Å². The number of aliphatic hydroxyl groups is 1. The molecule has 0 aliphatic heterocycles. The Labute approximate surface area is 88.0 Å². The number of hydrogen-bond acceptors (Lipinski definition) is 3. The number of hydrogen-bond donors (Lipinski definition) is 1. The number of fused-ring (bicyclic) bond motifs is 1. The van der Waals surface area contributed by atoms with Gasteiger partial charge in [0.25, 0.3) is 0 Å². The fourth-order valence-electron chi connectivity index (χ4n) is 1.19. The Kier molecular flexibility index (Phi) is 4.06. The predicted octanol–water partition coefficient (Wildman–Crippen LogP) is 2.10. The first-order valence-corrected chi connectivity index (χ1v) is 4.78. The molecule has 1 N–H and O–H groups in total.